The summed E-state index contributed by atoms with van der Waals surface area (Å²) in [7, 11) is 0. The zero-order valence-corrected chi connectivity index (χ0v) is 11.1. The molecule has 20 heavy (non-hydrogen) atoms. The van der Waals surface area contributed by atoms with E-state index in [0.29, 0.717) is 5.56 Å². The van der Waals surface area contributed by atoms with Crippen LogP contribution < -0.4 is 5.32 Å². The molecule has 0 fully saturated rings. The summed E-state index contributed by atoms with van der Waals surface area (Å²) in [6.45, 7) is 2.14. The second-order valence-corrected chi connectivity index (χ2v) is 4.57. The van der Waals surface area contributed by atoms with Crippen LogP contribution in [0.1, 0.15) is 30.3 Å². The molecule has 0 amide bonds. The van der Waals surface area contributed by atoms with E-state index in [-0.39, 0.29) is 12.6 Å². The molecular weight excluding hydrogens is 262 g/mol. The second kappa shape index (κ2) is 6.54. The smallest absolute Gasteiger partial charge is 0.159 e. The monoisotopic (exact) mass is 278 g/mol. The molecule has 3 nitrogen and oxygen atoms in total. The highest BCUT2D eigenvalue weighted by Crippen LogP contribution is 2.17. The van der Waals surface area contributed by atoms with Crippen molar-refractivity contribution in [2.45, 2.75) is 19.1 Å². The maximum Gasteiger partial charge on any atom is 0.159 e. The molecule has 5 heteroatoms. The number of aliphatic hydroxyl groups excluding tert-OH is 1. The quantitative estimate of drug-likeness (QED) is 0.884. The Hall–Kier alpha value is -1.85. The van der Waals surface area contributed by atoms with Gasteiger partial charge in [0.15, 0.2) is 11.6 Å². The van der Waals surface area contributed by atoms with E-state index in [1.54, 1.807) is 6.20 Å². The summed E-state index contributed by atoms with van der Waals surface area (Å²) in [5.74, 6) is -1.88. The van der Waals surface area contributed by atoms with Crippen molar-refractivity contribution >= 4 is 0 Å². The van der Waals surface area contributed by atoms with Gasteiger partial charge in [-0.3, -0.25) is 4.98 Å². The van der Waals surface area contributed by atoms with Crippen LogP contribution in [-0.2, 0) is 0 Å². The molecule has 0 spiro atoms. The molecule has 0 saturated carbocycles. The van der Waals surface area contributed by atoms with E-state index in [1.807, 2.05) is 25.1 Å². The molecule has 2 atom stereocenters. The molecular formula is C15H16F2N2O. The highest BCUT2D eigenvalue weighted by molar-refractivity contribution is 5.20. The molecule has 2 aromatic rings. The number of aliphatic hydroxyl groups is 1. The van der Waals surface area contributed by atoms with Gasteiger partial charge in [0, 0.05) is 18.8 Å². The minimum Gasteiger partial charge on any atom is -0.387 e. The largest absolute Gasteiger partial charge is 0.387 e. The summed E-state index contributed by atoms with van der Waals surface area (Å²) in [5, 5.41) is 13.1. The van der Waals surface area contributed by atoms with Gasteiger partial charge in [-0.25, -0.2) is 8.78 Å². The number of hydrogen-bond acceptors (Lipinski definition) is 3. The molecule has 2 rings (SSSR count). The van der Waals surface area contributed by atoms with Gasteiger partial charge in [0.2, 0.25) is 0 Å². The van der Waals surface area contributed by atoms with Gasteiger partial charge < -0.3 is 10.4 Å². The van der Waals surface area contributed by atoms with Crippen LogP contribution in [0.25, 0.3) is 0 Å². The van der Waals surface area contributed by atoms with Gasteiger partial charge in [-0.2, -0.15) is 0 Å². The van der Waals surface area contributed by atoms with Crippen molar-refractivity contribution < 1.29 is 13.9 Å². The third-order valence-corrected chi connectivity index (χ3v) is 3.08. The lowest BCUT2D eigenvalue weighted by molar-refractivity contribution is 0.170. The fourth-order valence-corrected chi connectivity index (χ4v) is 1.86. The zero-order valence-electron chi connectivity index (χ0n) is 11.1. The van der Waals surface area contributed by atoms with Crippen LogP contribution in [0.5, 0.6) is 0 Å². The molecule has 0 saturated heterocycles. The van der Waals surface area contributed by atoms with Crippen LogP contribution in [0.15, 0.2) is 42.6 Å². The summed E-state index contributed by atoms with van der Waals surface area (Å²) >= 11 is 0. The lowest BCUT2D eigenvalue weighted by Crippen LogP contribution is -2.25. The van der Waals surface area contributed by atoms with Gasteiger partial charge in [0.05, 0.1) is 11.8 Å². The molecule has 1 heterocycles. The van der Waals surface area contributed by atoms with Crippen molar-refractivity contribution in [1.82, 2.24) is 10.3 Å². The van der Waals surface area contributed by atoms with Gasteiger partial charge in [-0.15, -0.1) is 0 Å². The van der Waals surface area contributed by atoms with Crippen molar-refractivity contribution in [3.8, 4) is 0 Å². The maximum absolute atomic E-state index is 13.1. The van der Waals surface area contributed by atoms with Gasteiger partial charge in [-0.05, 0) is 36.8 Å². The number of hydrogen-bond donors (Lipinski definition) is 2. The topological polar surface area (TPSA) is 45.1 Å². The molecule has 106 valence electrons. The number of nitrogens with one attached hydrogen (secondary N) is 1. The van der Waals surface area contributed by atoms with E-state index in [1.165, 1.54) is 6.07 Å². The van der Waals surface area contributed by atoms with E-state index in [9.17, 15) is 13.9 Å². The van der Waals surface area contributed by atoms with Crippen LogP contribution in [-0.4, -0.2) is 16.6 Å². The number of rotatable bonds is 5. The Balaban J connectivity index is 1.95. The van der Waals surface area contributed by atoms with Crippen molar-refractivity contribution in [1.29, 1.82) is 0 Å². The Morgan fingerprint density at radius 2 is 2.00 bits per heavy atom. The Morgan fingerprint density at radius 1 is 1.20 bits per heavy atom. The minimum atomic E-state index is -0.959. The van der Waals surface area contributed by atoms with Crippen LogP contribution in [0.4, 0.5) is 8.78 Å². The summed E-state index contributed by atoms with van der Waals surface area (Å²) < 4.78 is 25.9. The Bertz CT molecular complexity index is 563. The minimum absolute atomic E-state index is 0.0452. The van der Waals surface area contributed by atoms with Gasteiger partial charge in [0.25, 0.3) is 0 Å². The number of nitrogens with zero attached hydrogens (tertiary/aromatic N) is 1. The zero-order chi connectivity index (χ0) is 14.5. The van der Waals surface area contributed by atoms with Crippen LogP contribution in [0.3, 0.4) is 0 Å². The second-order valence-electron chi connectivity index (χ2n) is 4.57. The van der Waals surface area contributed by atoms with E-state index in [2.05, 4.69) is 10.3 Å². The highest BCUT2D eigenvalue weighted by Gasteiger charge is 2.13. The Labute approximate surface area is 116 Å². The SMILES string of the molecule is C[C@H](NCC(O)c1ccc(F)c(F)c1)c1ccccn1. The third-order valence-electron chi connectivity index (χ3n) is 3.08. The number of halogens is 2. The van der Waals surface area contributed by atoms with E-state index >= 15 is 0 Å². The number of benzene rings is 1. The predicted molar refractivity (Wildman–Crippen MR) is 72.0 cm³/mol. The molecule has 1 unspecified atom stereocenters. The fraction of sp³-hybridized carbons (Fsp3) is 0.267. The van der Waals surface area contributed by atoms with Crippen molar-refractivity contribution in [2.24, 2.45) is 0 Å². The molecule has 0 aliphatic carbocycles. The summed E-state index contributed by atoms with van der Waals surface area (Å²) in [6, 6.07) is 8.93. The summed E-state index contributed by atoms with van der Waals surface area (Å²) in [4.78, 5) is 4.20. The Kier molecular flexibility index (Phi) is 4.76. The lowest BCUT2D eigenvalue weighted by Gasteiger charge is -2.17. The first-order valence-corrected chi connectivity index (χ1v) is 6.35. The molecule has 0 aliphatic rings. The first-order valence-electron chi connectivity index (χ1n) is 6.35. The molecule has 1 aromatic heterocycles. The van der Waals surface area contributed by atoms with Crippen molar-refractivity contribution in [2.75, 3.05) is 6.54 Å². The van der Waals surface area contributed by atoms with E-state index < -0.39 is 17.7 Å². The van der Waals surface area contributed by atoms with Gasteiger partial charge in [-0.1, -0.05) is 12.1 Å². The molecule has 1 aromatic carbocycles. The molecule has 2 N–H and O–H groups in total. The van der Waals surface area contributed by atoms with Crippen molar-refractivity contribution in [3.05, 3.63) is 65.5 Å². The van der Waals surface area contributed by atoms with Crippen LogP contribution in [0.2, 0.25) is 0 Å². The molecule has 0 bridgehead atoms. The fourth-order valence-electron chi connectivity index (χ4n) is 1.86. The van der Waals surface area contributed by atoms with Gasteiger partial charge in [0.1, 0.15) is 0 Å². The number of aromatic nitrogens is 1. The Morgan fingerprint density at radius 3 is 2.65 bits per heavy atom. The average Bonchev–Trinajstić information content (AvgIpc) is 2.48. The normalized spacial score (nSPS) is 14.0. The first kappa shape index (κ1) is 14.6. The number of pyridine rings is 1. The maximum atomic E-state index is 13.1. The highest BCUT2D eigenvalue weighted by atomic mass is 19.2. The van der Waals surface area contributed by atoms with Gasteiger partial charge >= 0.3 is 0 Å². The summed E-state index contributed by atoms with van der Waals surface area (Å²) in [6.07, 6.45) is 0.788. The molecule has 0 radical (unpaired) electrons. The van der Waals surface area contributed by atoms with Crippen molar-refractivity contribution in [3.63, 3.8) is 0 Å². The summed E-state index contributed by atoms with van der Waals surface area (Å²) in [5.41, 5.74) is 1.19. The third kappa shape index (κ3) is 3.59. The predicted octanol–water partition coefficient (Wildman–Crippen LogP) is 2.74. The van der Waals surface area contributed by atoms with Crippen LogP contribution in [0, 0.1) is 11.6 Å². The average molecular weight is 278 g/mol. The van der Waals surface area contributed by atoms with E-state index in [4.69, 9.17) is 0 Å². The lowest BCUT2D eigenvalue weighted by atomic mass is 10.1. The molecule has 0 aliphatic heterocycles. The first-order chi connectivity index (χ1) is 9.58. The van der Waals surface area contributed by atoms with E-state index in [0.717, 1.165) is 17.8 Å². The van der Waals surface area contributed by atoms with Crippen LogP contribution >= 0.6 is 0 Å². The standard InChI is InChI=1S/C15H16F2N2O/c1-10(14-4-2-3-7-18-14)19-9-15(20)11-5-6-12(16)13(17)8-11/h2-8,10,15,19-20H,9H2,1H3/t10-,15?/m0/s1.